The van der Waals surface area contributed by atoms with Gasteiger partial charge in [0, 0.05) is 69.1 Å². The predicted molar refractivity (Wildman–Crippen MR) is 255 cm³/mol. The maximum absolute atomic E-state index is 5.15. The van der Waals surface area contributed by atoms with Gasteiger partial charge in [0.15, 0.2) is 0 Å². The monoisotopic (exact) mass is 798 g/mol. The second-order valence-corrected chi connectivity index (χ2v) is 20.1. The van der Waals surface area contributed by atoms with Gasteiger partial charge in [0.05, 0.1) is 6.33 Å². The molecule has 4 nitrogen and oxygen atoms in total. The molecule has 0 aliphatic heterocycles. The second-order valence-electron chi connectivity index (χ2n) is 17.1. The van der Waals surface area contributed by atoms with Crippen LogP contribution >= 0.6 is 21.8 Å². The van der Waals surface area contributed by atoms with Crippen LogP contribution in [0.2, 0.25) is 0 Å². The van der Waals surface area contributed by atoms with Crippen molar-refractivity contribution in [1.82, 2.24) is 14.1 Å². The minimum Gasteiger partial charge on any atom is -0.366 e. The summed E-state index contributed by atoms with van der Waals surface area (Å²) >= 11 is 1.85. The van der Waals surface area contributed by atoms with Crippen molar-refractivity contribution in [2.45, 2.75) is 161 Å². The average Bonchev–Trinajstić information content (AvgIpc) is 3.89. The summed E-state index contributed by atoms with van der Waals surface area (Å²) in [5, 5.41) is 2.14. The summed E-state index contributed by atoms with van der Waals surface area (Å²) < 4.78 is 9.43. The van der Waals surface area contributed by atoms with E-state index in [0.29, 0.717) is 22.3 Å². The number of aromatic nitrogens is 3. The van der Waals surface area contributed by atoms with Crippen LogP contribution in [-0.2, 0) is 24.2 Å². The summed E-state index contributed by atoms with van der Waals surface area (Å²) in [7, 11) is 2.10. The van der Waals surface area contributed by atoms with Gasteiger partial charge >= 0.3 is 0 Å². The molecule has 0 saturated carbocycles. The highest BCUT2D eigenvalue weighted by Gasteiger charge is 2.10. The zero-order valence-electron chi connectivity index (χ0n) is 38.9. The lowest BCUT2D eigenvalue weighted by atomic mass is 10.1. The van der Waals surface area contributed by atoms with Crippen molar-refractivity contribution in [2.24, 2.45) is 35.5 Å². The Balaban J connectivity index is -0.000000591. The molecule has 0 aliphatic rings. The summed E-state index contributed by atoms with van der Waals surface area (Å²) in [4.78, 5) is 5.44. The number of nitrogens with zero attached hydrogens (tertiary/aromatic N) is 3. The molecule has 3 heterocycles. The van der Waals surface area contributed by atoms with Gasteiger partial charge in [-0.15, -0.1) is 29.1 Å². The Morgan fingerprint density at radius 1 is 0.764 bits per heavy atom. The van der Waals surface area contributed by atoms with Crippen LogP contribution in [0.1, 0.15) is 141 Å². The van der Waals surface area contributed by atoms with E-state index in [4.69, 9.17) is 4.74 Å². The third kappa shape index (κ3) is 47.6. The highest BCUT2D eigenvalue weighted by atomic mass is 32.2. The molecule has 0 fully saturated rings. The molecule has 0 spiro atoms. The molecule has 3 rings (SSSR count). The lowest BCUT2D eigenvalue weighted by Crippen LogP contribution is -2.19. The molecule has 0 N–H and O–H groups in total. The van der Waals surface area contributed by atoms with Crippen LogP contribution in [0.3, 0.4) is 0 Å². The fraction of sp³-hybridized carbons (Fsp3) is 0.673. The molecule has 0 aliphatic carbocycles. The molecule has 0 amide bonds. The molecule has 0 bridgehead atoms. The first kappa shape index (κ1) is 56.8. The Morgan fingerprint density at radius 2 is 1.33 bits per heavy atom. The highest BCUT2D eigenvalue weighted by molar-refractivity contribution is 8.13. The first-order chi connectivity index (χ1) is 25.7. The molecule has 3 aromatic heterocycles. The second kappa shape index (κ2) is 37.1. The van der Waals surface area contributed by atoms with Crippen molar-refractivity contribution in [3.63, 3.8) is 0 Å². The number of hydrogen-bond acceptors (Lipinski definition) is 3. The Morgan fingerprint density at radius 3 is 1.71 bits per heavy atom. The number of hydrogen-bond donors (Lipinski definition) is 0. The fourth-order valence-electron chi connectivity index (χ4n) is 4.01. The Hall–Kier alpha value is -2.51. The van der Waals surface area contributed by atoms with Crippen LogP contribution in [0.15, 0.2) is 60.8 Å². The molecule has 1 atom stereocenters. The van der Waals surface area contributed by atoms with Gasteiger partial charge in [0.2, 0.25) is 0 Å². The summed E-state index contributed by atoms with van der Waals surface area (Å²) in [5.74, 6) is 22.1. The number of imidazole rings is 1. The molecule has 316 valence electrons. The number of methoxy groups -OCH3 is 1. The molecular weight excluding hydrogens is 711 g/mol. The van der Waals surface area contributed by atoms with Crippen LogP contribution in [0.25, 0.3) is 0 Å². The molecule has 1 unspecified atom stereocenters. The molecule has 0 radical (unpaired) electrons. The van der Waals surface area contributed by atoms with Crippen molar-refractivity contribution in [3.8, 4) is 23.7 Å². The van der Waals surface area contributed by atoms with Crippen molar-refractivity contribution in [1.29, 1.82) is 0 Å². The summed E-state index contributed by atoms with van der Waals surface area (Å²) in [6, 6.07) is 8.43. The Bertz CT molecular complexity index is 1250. The van der Waals surface area contributed by atoms with E-state index in [9.17, 15) is 0 Å². The third-order valence-electron chi connectivity index (χ3n) is 7.03. The van der Waals surface area contributed by atoms with E-state index in [1.165, 1.54) is 29.9 Å². The first-order valence-electron chi connectivity index (χ1n) is 20.8. The minimum absolute atomic E-state index is 0.283. The number of unbranched alkanes of at least 4 members (excludes halogenated alkanes) is 1. The van der Waals surface area contributed by atoms with E-state index in [-0.39, 0.29) is 5.60 Å². The molecular formula is C49H87N3OS2. The lowest BCUT2D eigenvalue weighted by molar-refractivity contribution is 0.0740. The normalized spacial score (nSPS) is 11.0. The van der Waals surface area contributed by atoms with E-state index in [0.717, 1.165) is 56.0 Å². The largest absolute Gasteiger partial charge is 0.366 e. The Labute approximate surface area is 350 Å². The van der Waals surface area contributed by atoms with Crippen LogP contribution in [0.5, 0.6) is 0 Å². The van der Waals surface area contributed by atoms with Gasteiger partial charge in [-0.2, -0.15) is 10.5 Å². The topological polar surface area (TPSA) is 32.0 Å². The van der Waals surface area contributed by atoms with E-state index >= 15 is 0 Å². The smallest absolute Gasteiger partial charge is 0.122 e. The Kier molecular flexibility index (Phi) is 38.3. The van der Waals surface area contributed by atoms with Crippen molar-refractivity contribution < 1.29 is 4.74 Å². The summed E-state index contributed by atoms with van der Waals surface area (Å²) in [6.07, 6.45) is 18.9. The number of rotatable bonds is 13. The van der Waals surface area contributed by atoms with Gasteiger partial charge in [-0.1, -0.05) is 108 Å². The molecule has 3 aromatic rings. The van der Waals surface area contributed by atoms with Crippen LogP contribution in [0, 0.1) is 59.2 Å². The predicted octanol–water partition coefficient (Wildman–Crippen LogP) is 14.3. The molecule has 6 heteroatoms. The van der Waals surface area contributed by atoms with Crippen molar-refractivity contribution in [2.75, 3.05) is 19.1 Å². The molecule has 0 saturated heterocycles. The number of thiophene rings is 1. The van der Waals surface area contributed by atoms with Gasteiger partial charge in [-0.25, -0.2) is 4.98 Å². The SMILES string of the molecule is C=S(C)CCC(C)C.CC(C)Cc1cccs1.CC(C)Cn1cccc1.CC(C)Cn1ccnc1.CCCC#CCC(C)C.COC(C)(C)C#CCC(C)C. The van der Waals surface area contributed by atoms with E-state index in [1.807, 2.05) is 43.9 Å². The van der Waals surface area contributed by atoms with Crippen LogP contribution in [0.4, 0.5) is 0 Å². The van der Waals surface area contributed by atoms with Gasteiger partial charge in [0.25, 0.3) is 0 Å². The van der Waals surface area contributed by atoms with Crippen molar-refractivity contribution >= 4 is 27.7 Å². The van der Waals surface area contributed by atoms with Gasteiger partial charge < -0.3 is 13.9 Å². The maximum atomic E-state index is 5.15. The zero-order valence-corrected chi connectivity index (χ0v) is 40.5. The van der Waals surface area contributed by atoms with E-state index < -0.39 is 0 Å². The van der Waals surface area contributed by atoms with Gasteiger partial charge in [-0.05, 0) is 104 Å². The number of ether oxygens (including phenoxy) is 1. The maximum Gasteiger partial charge on any atom is 0.122 e. The van der Waals surface area contributed by atoms with Crippen LogP contribution < -0.4 is 0 Å². The van der Waals surface area contributed by atoms with Crippen molar-refractivity contribution in [3.05, 3.63) is 65.6 Å². The first-order valence-corrected chi connectivity index (χ1v) is 23.6. The fourth-order valence-corrected chi connectivity index (χ4v) is 5.80. The van der Waals surface area contributed by atoms with E-state index in [2.05, 4.69) is 182 Å². The molecule has 0 aromatic carbocycles. The zero-order chi connectivity index (χ0) is 42.7. The van der Waals surface area contributed by atoms with E-state index in [1.54, 1.807) is 7.11 Å². The van der Waals surface area contributed by atoms with Gasteiger partial charge in [0.1, 0.15) is 5.60 Å². The summed E-state index contributed by atoms with van der Waals surface area (Å²) in [5.41, 5.74) is -0.283. The van der Waals surface area contributed by atoms with Gasteiger partial charge in [-0.3, -0.25) is 0 Å². The minimum atomic E-state index is -0.283. The summed E-state index contributed by atoms with van der Waals surface area (Å²) in [6.45, 7) is 34.9. The standard InChI is InChI=1S/C10H18O.C9H16.C8H13N.C8H12S.C7H12N2.C7H16S/c1-9(2)7-6-8-10(3,4)11-5;1-4-5-6-7-8-9(2)3;1-8(2)7-9-5-3-4-6-9;1-7(2)6-8-4-3-5-9-8;1-7(2)5-9-4-3-8-6-9;1-7(2)5-6-8(3)4/h9H,7H2,1-5H3;9H,4-5,8H2,1-3H3;3-6,8H,7H2,1-2H3;3-5,7H,6H2,1-2H3;3-4,6-7H,5H2,1-2H3;7H,3,5-6H2,1-2,4H3. The van der Waals surface area contributed by atoms with Crippen LogP contribution in [-0.4, -0.2) is 44.7 Å². The average molecular weight is 798 g/mol. The molecule has 55 heavy (non-hydrogen) atoms. The lowest BCUT2D eigenvalue weighted by Gasteiger charge is -2.14. The quantitative estimate of drug-likeness (QED) is 0.127. The third-order valence-corrected chi connectivity index (χ3v) is 8.86. The highest BCUT2D eigenvalue weighted by Crippen LogP contribution is 2.13.